The van der Waals surface area contributed by atoms with Crippen LogP contribution < -0.4 is 5.32 Å². The first kappa shape index (κ1) is 14.2. The summed E-state index contributed by atoms with van der Waals surface area (Å²) < 4.78 is 27.1. The molecule has 0 aromatic carbocycles. The lowest BCUT2D eigenvalue weighted by Crippen LogP contribution is -2.46. The van der Waals surface area contributed by atoms with Crippen LogP contribution in [0.2, 0.25) is 0 Å². The maximum atomic E-state index is 12.5. The predicted octanol–water partition coefficient (Wildman–Crippen LogP) is 1.50. The molecule has 110 valence electrons. The summed E-state index contributed by atoms with van der Waals surface area (Å²) in [6.45, 7) is 1.72. The molecular weight excluding hydrogens is 296 g/mol. The molecule has 2 fully saturated rings. The standard InChI is InChI=1S/C13H18N2O3S2/c16-12-8-10-4-6-15(9-11(10)3-5-14-12)20(17,18)13-2-1-7-19-13/h1-2,7,10-11H,3-6,8-9H2,(H-,14,16,17,18). The van der Waals surface area contributed by atoms with E-state index in [4.69, 9.17) is 0 Å². The van der Waals surface area contributed by atoms with Gasteiger partial charge in [-0.05, 0) is 36.1 Å². The first-order valence-corrected chi connectivity index (χ1v) is 9.19. The van der Waals surface area contributed by atoms with Crippen LogP contribution in [0.3, 0.4) is 0 Å². The van der Waals surface area contributed by atoms with Gasteiger partial charge in [0.2, 0.25) is 10.1 Å². The van der Waals surface area contributed by atoms with Crippen molar-refractivity contribution in [1.29, 1.82) is 0 Å². The molecule has 20 heavy (non-hydrogen) atoms. The first-order valence-electron chi connectivity index (χ1n) is 6.88. The van der Waals surface area contributed by atoms with E-state index in [1.54, 1.807) is 21.8 Å². The third kappa shape index (κ3) is 2.67. The average Bonchev–Trinajstić information content (AvgIpc) is 2.89. The van der Waals surface area contributed by atoms with E-state index in [0.717, 1.165) is 12.8 Å². The van der Waals surface area contributed by atoms with Crippen molar-refractivity contribution in [3.8, 4) is 0 Å². The molecule has 0 bridgehead atoms. The topological polar surface area (TPSA) is 72.5 Å². The molecule has 1 N–H and O–H groups in total. The van der Waals surface area contributed by atoms with Gasteiger partial charge in [0.15, 0.2) is 10.4 Å². The zero-order chi connectivity index (χ0) is 14.2. The van der Waals surface area contributed by atoms with Crippen molar-refractivity contribution in [3.63, 3.8) is 0 Å². The molecular formula is C13H18N2O3S2. The Bertz CT molecular complexity index is 532. The highest BCUT2D eigenvalue weighted by atomic mass is 32.3. The van der Waals surface area contributed by atoms with Gasteiger partial charge in [0.1, 0.15) is 0 Å². The third-order valence-corrected chi connectivity index (χ3v) is 7.47. The third-order valence-electron chi connectivity index (χ3n) is 4.23. The monoisotopic (exact) mass is 314 g/mol. The van der Waals surface area contributed by atoms with Crippen LogP contribution in [-0.4, -0.2) is 34.4 Å². The van der Waals surface area contributed by atoms with Crippen molar-refractivity contribution < 1.29 is 13.6 Å². The number of amides is 1. The van der Waals surface area contributed by atoms with Gasteiger partial charge < -0.3 is 9.87 Å². The lowest BCUT2D eigenvalue weighted by atomic mass is 9.83. The van der Waals surface area contributed by atoms with E-state index in [1.807, 2.05) is 0 Å². The number of hydrogen-bond acceptors (Lipinski definition) is 4. The van der Waals surface area contributed by atoms with Gasteiger partial charge in [0.05, 0.1) is 0 Å². The average molecular weight is 314 g/mol. The Morgan fingerprint density at radius 3 is 3.00 bits per heavy atom. The highest BCUT2D eigenvalue weighted by Crippen LogP contribution is 2.35. The van der Waals surface area contributed by atoms with Crippen LogP contribution in [0, 0.1) is 11.8 Å². The summed E-state index contributed by atoms with van der Waals surface area (Å²) in [5.74, 6) is 0.719. The first-order chi connectivity index (χ1) is 9.57. The number of carbonyl (C=O) groups excluding carboxylic acids is 1. The van der Waals surface area contributed by atoms with E-state index in [1.165, 1.54) is 11.3 Å². The van der Waals surface area contributed by atoms with E-state index in [9.17, 15) is 13.6 Å². The fourth-order valence-electron chi connectivity index (χ4n) is 3.11. The molecule has 1 aromatic heterocycles. The van der Waals surface area contributed by atoms with Crippen LogP contribution in [0.25, 0.3) is 0 Å². The van der Waals surface area contributed by atoms with Crippen LogP contribution in [0.15, 0.2) is 21.7 Å². The maximum Gasteiger partial charge on any atom is 0.229 e. The Morgan fingerprint density at radius 1 is 1.40 bits per heavy atom. The van der Waals surface area contributed by atoms with Crippen LogP contribution in [0.4, 0.5) is 0 Å². The summed E-state index contributed by atoms with van der Waals surface area (Å²) in [5.41, 5.74) is 0. The molecule has 7 heteroatoms. The van der Waals surface area contributed by atoms with Crippen molar-refractivity contribution in [2.24, 2.45) is 11.8 Å². The fraction of sp³-hybridized carbons (Fsp3) is 0.615. The number of sulfonamides is 1. The second-order valence-corrected chi connectivity index (χ2v) is 8.56. The molecule has 3 rings (SSSR count). The molecule has 2 saturated heterocycles. The summed E-state index contributed by atoms with van der Waals surface area (Å²) in [6.07, 6.45) is 2.19. The molecule has 0 aliphatic carbocycles. The van der Waals surface area contributed by atoms with E-state index in [-0.39, 0.29) is 11.8 Å². The molecule has 3 atom stereocenters. The molecule has 0 radical (unpaired) electrons. The second-order valence-electron chi connectivity index (χ2n) is 5.45. The molecule has 2 aliphatic rings. The normalized spacial score (nSPS) is 30.9. The Labute approximate surface area is 123 Å². The van der Waals surface area contributed by atoms with E-state index < -0.39 is 10.4 Å². The summed E-state index contributed by atoms with van der Waals surface area (Å²) in [6, 6.07) is 3.42. The summed E-state index contributed by atoms with van der Waals surface area (Å²) >= 11 is 1.26. The summed E-state index contributed by atoms with van der Waals surface area (Å²) in [7, 11) is -3.35. The van der Waals surface area contributed by atoms with Gasteiger partial charge in [-0.3, -0.25) is 4.79 Å². The molecule has 0 saturated carbocycles. The number of nitrogens with one attached hydrogen (secondary N) is 1. The Hall–Kier alpha value is -0.760. The molecule has 3 heterocycles. The number of piperidine rings is 1. The number of thiophene rings is 1. The van der Waals surface area contributed by atoms with Crippen molar-refractivity contribution in [3.05, 3.63) is 17.5 Å². The maximum absolute atomic E-state index is 12.5. The predicted molar refractivity (Wildman–Crippen MR) is 76.8 cm³/mol. The van der Waals surface area contributed by atoms with Crippen molar-refractivity contribution in [2.45, 2.75) is 23.5 Å². The molecule has 1 aromatic rings. The van der Waals surface area contributed by atoms with Crippen molar-refractivity contribution in [1.82, 2.24) is 9.62 Å². The van der Waals surface area contributed by atoms with Crippen molar-refractivity contribution in [2.75, 3.05) is 19.6 Å². The molecule has 1 amide bonds. The minimum Gasteiger partial charge on any atom is -0.592 e. The second kappa shape index (κ2) is 5.55. The smallest absolute Gasteiger partial charge is 0.229 e. The Balaban J connectivity index is 1.75. The number of fused-ring (bicyclic) bond motifs is 1. The SMILES string of the molecule is O=C1CC2CCN([S+](=O)([O-])c3cccs3)CC2CCN1. The molecule has 5 nitrogen and oxygen atoms in total. The number of nitrogens with zero attached hydrogens (tertiary/aromatic N) is 1. The van der Waals surface area contributed by atoms with Gasteiger partial charge in [0, 0.05) is 32.1 Å². The molecule has 2 aliphatic heterocycles. The molecule has 3 unspecified atom stereocenters. The lowest BCUT2D eigenvalue weighted by Gasteiger charge is -2.37. The zero-order valence-corrected chi connectivity index (χ0v) is 12.8. The van der Waals surface area contributed by atoms with Crippen LogP contribution in [0.5, 0.6) is 0 Å². The van der Waals surface area contributed by atoms with Gasteiger partial charge in [-0.15, -0.1) is 4.31 Å². The largest absolute Gasteiger partial charge is 0.592 e. The minimum absolute atomic E-state index is 0.104. The highest BCUT2D eigenvalue weighted by molar-refractivity contribution is 7.97. The summed E-state index contributed by atoms with van der Waals surface area (Å²) in [5, 5.41) is 4.66. The minimum atomic E-state index is -3.35. The van der Waals surface area contributed by atoms with Gasteiger partial charge in [-0.1, -0.05) is 15.5 Å². The van der Waals surface area contributed by atoms with Gasteiger partial charge in [-0.2, -0.15) is 0 Å². The quantitative estimate of drug-likeness (QED) is 0.841. The fourth-order valence-corrected chi connectivity index (χ4v) is 5.76. The van der Waals surface area contributed by atoms with Crippen LogP contribution in [-0.2, 0) is 19.4 Å². The summed E-state index contributed by atoms with van der Waals surface area (Å²) in [4.78, 5) is 11.6. The van der Waals surface area contributed by atoms with Gasteiger partial charge >= 0.3 is 0 Å². The van der Waals surface area contributed by atoms with E-state index >= 15 is 0 Å². The zero-order valence-electron chi connectivity index (χ0n) is 11.1. The number of hydrogen-bond donors (Lipinski definition) is 1. The molecule has 0 spiro atoms. The van der Waals surface area contributed by atoms with Crippen LogP contribution >= 0.6 is 11.3 Å². The van der Waals surface area contributed by atoms with Crippen molar-refractivity contribution >= 4 is 27.6 Å². The van der Waals surface area contributed by atoms with Gasteiger partial charge in [-0.25, -0.2) is 0 Å². The Kier molecular flexibility index (Phi) is 3.94. The van der Waals surface area contributed by atoms with Crippen LogP contribution in [0.1, 0.15) is 19.3 Å². The Morgan fingerprint density at radius 2 is 2.25 bits per heavy atom. The van der Waals surface area contributed by atoms with E-state index in [0.29, 0.717) is 36.2 Å². The lowest BCUT2D eigenvalue weighted by molar-refractivity contribution is -0.121. The number of carbonyl (C=O) groups is 1. The van der Waals surface area contributed by atoms with Gasteiger partial charge in [0.25, 0.3) is 0 Å². The highest BCUT2D eigenvalue weighted by Gasteiger charge is 2.40. The van der Waals surface area contributed by atoms with E-state index in [2.05, 4.69) is 5.32 Å². The number of rotatable bonds is 2.